The van der Waals surface area contributed by atoms with E-state index in [0.717, 1.165) is 11.1 Å². The number of ketones is 1. The Balaban J connectivity index is 2.02. The van der Waals surface area contributed by atoms with Crippen LogP contribution in [0, 0.1) is 0 Å². The first-order valence-corrected chi connectivity index (χ1v) is 5.02. The maximum Gasteiger partial charge on any atom is 0.182 e. The molecule has 1 aliphatic rings. The van der Waals surface area contributed by atoms with Crippen LogP contribution in [0.5, 0.6) is 0 Å². The number of carbonyl (C=O) groups excluding carboxylic acids is 1. The molecular weight excluding hydrogens is 204 g/mol. The summed E-state index contributed by atoms with van der Waals surface area (Å²) in [6.45, 7) is 0. The molecule has 0 amide bonds. The number of H-pyrrole nitrogens is 2. The van der Waals surface area contributed by atoms with Crippen molar-refractivity contribution < 1.29 is 9.90 Å². The quantitative estimate of drug-likeness (QED) is 0.715. The summed E-state index contributed by atoms with van der Waals surface area (Å²) in [5.74, 6) is -0.364. The first-order valence-electron chi connectivity index (χ1n) is 5.02. The number of carbonyl (C=O) groups is 1. The lowest BCUT2D eigenvalue weighted by Crippen LogP contribution is -2.27. The third kappa shape index (κ3) is 1.07. The number of hydrogen-bond acceptors (Lipinski definition) is 2. The molecule has 2 aromatic heterocycles. The highest BCUT2D eigenvalue weighted by Crippen LogP contribution is 2.42. The van der Waals surface area contributed by atoms with E-state index in [1.165, 1.54) is 0 Å². The van der Waals surface area contributed by atoms with Crippen molar-refractivity contribution in [3.05, 3.63) is 53.8 Å². The van der Waals surface area contributed by atoms with Crippen molar-refractivity contribution in [1.82, 2.24) is 9.97 Å². The highest BCUT2D eigenvalue weighted by atomic mass is 16.3. The van der Waals surface area contributed by atoms with Crippen molar-refractivity contribution in [3.63, 3.8) is 0 Å². The van der Waals surface area contributed by atoms with E-state index >= 15 is 0 Å². The van der Waals surface area contributed by atoms with Gasteiger partial charge in [-0.25, -0.2) is 0 Å². The second kappa shape index (κ2) is 3.13. The minimum absolute atomic E-state index is 0.0308. The molecule has 0 saturated heterocycles. The number of aromatic amines is 2. The molecule has 0 bridgehead atoms. The Bertz CT molecular complexity index is 550. The third-order valence-corrected chi connectivity index (χ3v) is 2.88. The molecule has 0 aromatic carbocycles. The van der Waals surface area contributed by atoms with Gasteiger partial charge in [-0.05, 0) is 17.7 Å². The number of aliphatic hydroxyl groups is 1. The average molecular weight is 214 g/mol. The molecule has 0 fully saturated rings. The van der Waals surface area contributed by atoms with Crippen molar-refractivity contribution in [1.29, 1.82) is 0 Å². The first kappa shape index (κ1) is 9.03. The Morgan fingerprint density at radius 1 is 1.12 bits per heavy atom. The van der Waals surface area contributed by atoms with Gasteiger partial charge < -0.3 is 15.1 Å². The fraction of sp³-hybridized carbons (Fsp3) is 0.0833. The van der Waals surface area contributed by atoms with Crippen LogP contribution in [0.15, 0.2) is 42.7 Å². The monoisotopic (exact) mass is 214 g/mol. The number of aromatic nitrogens is 2. The third-order valence-electron chi connectivity index (χ3n) is 2.88. The van der Waals surface area contributed by atoms with Crippen LogP contribution in [-0.2, 0) is 4.79 Å². The number of nitrogens with one attached hydrogen (secondary N) is 2. The smallest absolute Gasteiger partial charge is 0.182 e. The van der Waals surface area contributed by atoms with Gasteiger partial charge in [0.25, 0.3) is 0 Å². The molecule has 4 nitrogen and oxygen atoms in total. The number of aliphatic hydroxyl groups excluding tert-OH is 1. The van der Waals surface area contributed by atoms with Crippen LogP contribution in [0.2, 0.25) is 0 Å². The lowest BCUT2D eigenvalue weighted by Gasteiger charge is -2.26. The summed E-state index contributed by atoms with van der Waals surface area (Å²) in [5.41, 5.74) is 1.98. The average Bonchev–Trinajstić information content (AvgIpc) is 2.91. The molecular formula is C12H10N2O2. The van der Waals surface area contributed by atoms with E-state index in [-0.39, 0.29) is 11.5 Å². The predicted molar refractivity (Wildman–Crippen MR) is 58.9 cm³/mol. The van der Waals surface area contributed by atoms with Crippen molar-refractivity contribution in [2.24, 2.45) is 0 Å². The Morgan fingerprint density at radius 2 is 1.88 bits per heavy atom. The Hall–Kier alpha value is -2.23. The lowest BCUT2D eigenvalue weighted by atomic mass is 9.76. The SMILES string of the molecule is O=C1C(c2cc[nH]c2)=C(O)C1c1cc[nH]c1. The van der Waals surface area contributed by atoms with Crippen molar-refractivity contribution in [2.45, 2.75) is 5.92 Å². The molecule has 3 rings (SSSR count). The number of hydrogen-bond donors (Lipinski definition) is 3. The van der Waals surface area contributed by atoms with Gasteiger partial charge in [-0.3, -0.25) is 4.79 Å². The summed E-state index contributed by atoms with van der Waals surface area (Å²) in [7, 11) is 0. The summed E-state index contributed by atoms with van der Waals surface area (Å²) in [6, 6.07) is 3.57. The minimum Gasteiger partial charge on any atom is -0.510 e. The van der Waals surface area contributed by atoms with Crippen LogP contribution in [0.4, 0.5) is 0 Å². The van der Waals surface area contributed by atoms with Gasteiger partial charge >= 0.3 is 0 Å². The zero-order chi connectivity index (χ0) is 11.1. The highest BCUT2D eigenvalue weighted by Gasteiger charge is 2.41. The molecule has 1 aliphatic carbocycles. The molecule has 0 aliphatic heterocycles. The molecule has 0 spiro atoms. The molecule has 4 heteroatoms. The van der Waals surface area contributed by atoms with Crippen molar-refractivity contribution in [3.8, 4) is 0 Å². The summed E-state index contributed by atoms with van der Waals surface area (Å²) >= 11 is 0. The first-order chi connectivity index (χ1) is 7.79. The number of Topliss-reactive ketones (excluding diaryl/α,β-unsaturated/α-hetero) is 1. The fourth-order valence-electron chi connectivity index (χ4n) is 2.06. The maximum absolute atomic E-state index is 11.9. The van der Waals surface area contributed by atoms with Gasteiger partial charge in [0.15, 0.2) is 5.78 Å². The molecule has 3 N–H and O–H groups in total. The second-order valence-electron chi connectivity index (χ2n) is 3.80. The van der Waals surface area contributed by atoms with Gasteiger partial charge in [0.1, 0.15) is 11.7 Å². The van der Waals surface area contributed by atoms with Gasteiger partial charge in [0.05, 0.1) is 5.57 Å². The van der Waals surface area contributed by atoms with E-state index in [4.69, 9.17) is 0 Å². The Kier molecular flexibility index (Phi) is 1.77. The van der Waals surface area contributed by atoms with Crippen molar-refractivity contribution >= 4 is 11.4 Å². The van der Waals surface area contributed by atoms with Gasteiger partial charge in [-0.1, -0.05) is 0 Å². The highest BCUT2D eigenvalue weighted by molar-refractivity contribution is 6.31. The predicted octanol–water partition coefficient (Wildman–Crippen LogP) is 1.98. The van der Waals surface area contributed by atoms with E-state index in [1.54, 1.807) is 36.9 Å². The summed E-state index contributed by atoms with van der Waals surface area (Å²) < 4.78 is 0. The molecule has 0 radical (unpaired) electrons. The van der Waals surface area contributed by atoms with Gasteiger partial charge in [0.2, 0.25) is 0 Å². The van der Waals surface area contributed by atoms with Crippen LogP contribution in [0.3, 0.4) is 0 Å². The summed E-state index contributed by atoms with van der Waals surface area (Å²) in [5, 5.41) is 9.91. The van der Waals surface area contributed by atoms with E-state index in [1.807, 2.05) is 0 Å². The molecule has 16 heavy (non-hydrogen) atoms. The van der Waals surface area contributed by atoms with E-state index in [0.29, 0.717) is 5.57 Å². The number of rotatable bonds is 2. The van der Waals surface area contributed by atoms with E-state index in [9.17, 15) is 9.90 Å². The zero-order valence-corrected chi connectivity index (χ0v) is 8.40. The van der Waals surface area contributed by atoms with Gasteiger partial charge in [0, 0.05) is 30.4 Å². The van der Waals surface area contributed by atoms with E-state index < -0.39 is 5.92 Å². The molecule has 2 aromatic rings. The second-order valence-corrected chi connectivity index (χ2v) is 3.80. The summed E-state index contributed by atoms with van der Waals surface area (Å²) in [4.78, 5) is 17.7. The fourth-order valence-corrected chi connectivity index (χ4v) is 2.06. The topological polar surface area (TPSA) is 68.9 Å². The minimum atomic E-state index is -0.490. The van der Waals surface area contributed by atoms with Gasteiger partial charge in [-0.2, -0.15) is 0 Å². The Labute approximate surface area is 91.6 Å². The summed E-state index contributed by atoms with van der Waals surface area (Å²) in [6.07, 6.45) is 6.90. The molecule has 1 atom stereocenters. The number of allylic oxidation sites excluding steroid dienone is 2. The molecule has 80 valence electrons. The van der Waals surface area contributed by atoms with Crippen molar-refractivity contribution in [2.75, 3.05) is 0 Å². The van der Waals surface area contributed by atoms with Crippen LogP contribution < -0.4 is 0 Å². The molecule has 2 heterocycles. The molecule has 1 unspecified atom stereocenters. The normalized spacial score (nSPS) is 20.0. The van der Waals surface area contributed by atoms with Crippen LogP contribution >= 0.6 is 0 Å². The lowest BCUT2D eigenvalue weighted by molar-refractivity contribution is -0.116. The van der Waals surface area contributed by atoms with Crippen LogP contribution in [0.1, 0.15) is 17.0 Å². The molecule has 0 saturated carbocycles. The van der Waals surface area contributed by atoms with Gasteiger partial charge in [-0.15, -0.1) is 0 Å². The van der Waals surface area contributed by atoms with E-state index in [2.05, 4.69) is 9.97 Å². The maximum atomic E-state index is 11.9. The van der Waals surface area contributed by atoms with Crippen LogP contribution in [0.25, 0.3) is 5.57 Å². The standard InChI is InChI=1S/C12H10N2O2/c15-11-9(7-1-3-13-5-7)12(16)10(11)8-2-4-14-6-8/h1-6,9,13-15H. The van der Waals surface area contributed by atoms with Crippen LogP contribution in [-0.4, -0.2) is 20.9 Å². The Morgan fingerprint density at radius 3 is 2.44 bits per heavy atom. The largest absolute Gasteiger partial charge is 0.510 e. The zero-order valence-electron chi connectivity index (χ0n) is 8.40.